The summed E-state index contributed by atoms with van der Waals surface area (Å²) in [4.78, 5) is 21.9. The monoisotopic (exact) mass is 281 g/mol. The molecule has 1 N–H and O–H groups in total. The standard InChI is InChI=1S/C15H15N5O/c21-14-12-10-11(19-7-1-2-8-19)4-5-13(12)17-15(18-14)20-9-3-6-16-20/h3-6,9-10H,1-2,7-8H2,(H,17,18,21). The summed E-state index contributed by atoms with van der Waals surface area (Å²) >= 11 is 0. The zero-order chi connectivity index (χ0) is 14.2. The predicted octanol–water partition coefficient (Wildman–Crippen LogP) is 1.71. The van der Waals surface area contributed by atoms with Gasteiger partial charge in [-0.2, -0.15) is 5.10 Å². The largest absolute Gasteiger partial charge is 0.372 e. The Hall–Kier alpha value is -2.63. The van der Waals surface area contributed by atoms with E-state index in [2.05, 4.69) is 20.0 Å². The Bertz CT molecular complexity index is 831. The Morgan fingerprint density at radius 2 is 2.05 bits per heavy atom. The molecule has 0 radical (unpaired) electrons. The van der Waals surface area contributed by atoms with Gasteiger partial charge in [0.05, 0.1) is 10.9 Å². The van der Waals surface area contributed by atoms with Crippen LogP contribution in [0.1, 0.15) is 12.8 Å². The third kappa shape index (κ3) is 2.08. The highest BCUT2D eigenvalue weighted by molar-refractivity contribution is 5.82. The van der Waals surface area contributed by atoms with Crippen LogP contribution in [0.4, 0.5) is 5.69 Å². The van der Waals surface area contributed by atoms with Crippen molar-refractivity contribution in [1.82, 2.24) is 19.7 Å². The number of hydrogen-bond donors (Lipinski definition) is 1. The molecule has 1 saturated heterocycles. The molecule has 106 valence electrons. The molecule has 3 aromatic rings. The van der Waals surface area contributed by atoms with Gasteiger partial charge in [0.15, 0.2) is 0 Å². The second kappa shape index (κ2) is 4.73. The number of aromatic nitrogens is 4. The fourth-order valence-corrected chi connectivity index (χ4v) is 2.79. The van der Waals surface area contributed by atoms with Crippen LogP contribution < -0.4 is 10.5 Å². The smallest absolute Gasteiger partial charge is 0.260 e. The van der Waals surface area contributed by atoms with Crippen LogP contribution in [0.3, 0.4) is 0 Å². The fourth-order valence-electron chi connectivity index (χ4n) is 2.79. The van der Waals surface area contributed by atoms with Crippen LogP contribution in [-0.4, -0.2) is 32.8 Å². The van der Waals surface area contributed by atoms with Crippen molar-refractivity contribution in [3.05, 3.63) is 47.0 Å². The minimum atomic E-state index is -0.133. The molecule has 2 aromatic heterocycles. The van der Waals surface area contributed by atoms with Crippen molar-refractivity contribution < 1.29 is 0 Å². The van der Waals surface area contributed by atoms with E-state index in [-0.39, 0.29) is 5.56 Å². The molecule has 0 atom stereocenters. The molecule has 1 aromatic carbocycles. The van der Waals surface area contributed by atoms with Gasteiger partial charge in [0, 0.05) is 31.2 Å². The lowest BCUT2D eigenvalue weighted by Crippen LogP contribution is -2.19. The molecule has 6 nitrogen and oxygen atoms in total. The van der Waals surface area contributed by atoms with Gasteiger partial charge in [0.1, 0.15) is 0 Å². The van der Waals surface area contributed by atoms with Gasteiger partial charge in [0.2, 0.25) is 5.95 Å². The van der Waals surface area contributed by atoms with Crippen LogP contribution >= 0.6 is 0 Å². The first kappa shape index (κ1) is 12.1. The highest BCUT2D eigenvalue weighted by atomic mass is 16.1. The van der Waals surface area contributed by atoms with Crippen LogP contribution in [0.5, 0.6) is 0 Å². The number of nitrogens with one attached hydrogen (secondary N) is 1. The van der Waals surface area contributed by atoms with E-state index in [0.717, 1.165) is 18.8 Å². The van der Waals surface area contributed by atoms with Crippen molar-refractivity contribution in [1.29, 1.82) is 0 Å². The number of hydrogen-bond acceptors (Lipinski definition) is 4. The van der Waals surface area contributed by atoms with Crippen LogP contribution in [-0.2, 0) is 0 Å². The maximum atomic E-state index is 12.3. The van der Waals surface area contributed by atoms with Gasteiger partial charge in [0.25, 0.3) is 5.56 Å². The SMILES string of the molecule is O=c1[nH]c(-n2cccn2)nc2ccc(N3CCCC3)cc12. The molecule has 4 rings (SSSR count). The molecule has 0 amide bonds. The van der Waals surface area contributed by atoms with Gasteiger partial charge in [-0.05, 0) is 37.1 Å². The molecule has 0 aliphatic carbocycles. The summed E-state index contributed by atoms with van der Waals surface area (Å²) in [6.07, 6.45) is 5.83. The maximum absolute atomic E-state index is 12.3. The Morgan fingerprint density at radius 3 is 2.81 bits per heavy atom. The molecule has 21 heavy (non-hydrogen) atoms. The molecular formula is C15H15N5O. The Kier molecular flexibility index (Phi) is 2.73. The fraction of sp³-hybridized carbons (Fsp3) is 0.267. The molecule has 0 unspecified atom stereocenters. The van der Waals surface area contributed by atoms with Crippen molar-refractivity contribution >= 4 is 16.6 Å². The topological polar surface area (TPSA) is 66.8 Å². The van der Waals surface area contributed by atoms with E-state index in [0.29, 0.717) is 16.9 Å². The van der Waals surface area contributed by atoms with E-state index >= 15 is 0 Å². The number of anilines is 1. The first-order valence-electron chi connectivity index (χ1n) is 7.10. The quantitative estimate of drug-likeness (QED) is 0.776. The number of nitrogens with zero attached hydrogens (tertiary/aromatic N) is 4. The first-order valence-corrected chi connectivity index (χ1v) is 7.10. The highest BCUT2D eigenvalue weighted by Gasteiger charge is 2.14. The summed E-state index contributed by atoms with van der Waals surface area (Å²) in [5, 5.41) is 4.71. The van der Waals surface area contributed by atoms with Crippen LogP contribution in [0, 0.1) is 0 Å². The summed E-state index contributed by atoms with van der Waals surface area (Å²) in [7, 11) is 0. The molecule has 1 aliphatic rings. The van der Waals surface area contributed by atoms with Gasteiger partial charge in [-0.3, -0.25) is 9.78 Å². The van der Waals surface area contributed by atoms with E-state index < -0.39 is 0 Å². The van der Waals surface area contributed by atoms with Crippen molar-refractivity contribution in [3.8, 4) is 5.95 Å². The van der Waals surface area contributed by atoms with E-state index in [1.165, 1.54) is 12.8 Å². The van der Waals surface area contributed by atoms with Crippen LogP contribution in [0.25, 0.3) is 16.9 Å². The van der Waals surface area contributed by atoms with Crippen molar-refractivity contribution in [2.45, 2.75) is 12.8 Å². The van der Waals surface area contributed by atoms with E-state index in [9.17, 15) is 4.79 Å². The molecular weight excluding hydrogens is 266 g/mol. The van der Waals surface area contributed by atoms with E-state index in [1.807, 2.05) is 18.2 Å². The minimum absolute atomic E-state index is 0.133. The normalized spacial score (nSPS) is 15.0. The molecule has 3 heterocycles. The average molecular weight is 281 g/mol. The van der Waals surface area contributed by atoms with E-state index in [4.69, 9.17) is 0 Å². The second-order valence-corrected chi connectivity index (χ2v) is 5.24. The molecule has 0 saturated carbocycles. The summed E-state index contributed by atoms with van der Waals surface area (Å²) in [6, 6.07) is 7.66. The van der Waals surface area contributed by atoms with Crippen molar-refractivity contribution in [2.75, 3.05) is 18.0 Å². The molecule has 0 spiro atoms. The number of fused-ring (bicyclic) bond motifs is 1. The third-order valence-electron chi connectivity index (χ3n) is 3.87. The van der Waals surface area contributed by atoms with E-state index in [1.54, 1.807) is 23.1 Å². The van der Waals surface area contributed by atoms with Crippen LogP contribution in [0.15, 0.2) is 41.5 Å². The molecule has 1 fully saturated rings. The van der Waals surface area contributed by atoms with Crippen LogP contribution in [0.2, 0.25) is 0 Å². The lowest BCUT2D eigenvalue weighted by molar-refractivity contribution is 0.810. The summed E-state index contributed by atoms with van der Waals surface area (Å²) in [6.45, 7) is 2.12. The van der Waals surface area contributed by atoms with Gasteiger partial charge >= 0.3 is 0 Å². The van der Waals surface area contributed by atoms with Crippen molar-refractivity contribution in [2.24, 2.45) is 0 Å². The Morgan fingerprint density at radius 1 is 1.19 bits per heavy atom. The number of benzene rings is 1. The van der Waals surface area contributed by atoms with Gasteiger partial charge in [-0.15, -0.1) is 0 Å². The lowest BCUT2D eigenvalue weighted by atomic mass is 10.2. The molecule has 6 heteroatoms. The first-order chi connectivity index (χ1) is 10.3. The van der Waals surface area contributed by atoms with Gasteiger partial charge in [-0.25, -0.2) is 9.67 Å². The van der Waals surface area contributed by atoms with Gasteiger partial charge in [-0.1, -0.05) is 0 Å². The minimum Gasteiger partial charge on any atom is -0.372 e. The number of rotatable bonds is 2. The number of H-pyrrole nitrogens is 1. The molecule has 0 bridgehead atoms. The summed E-state index contributed by atoms with van der Waals surface area (Å²) in [5.41, 5.74) is 1.65. The summed E-state index contributed by atoms with van der Waals surface area (Å²) < 4.78 is 1.55. The number of aromatic amines is 1. The second-order valence-electron chi connectivity index (χ2n) is 5.24. The zero-order valence-corrected chi connectivity index (χ0v) is 11.5. The zero-order valence-electron chi connectivity index (χ0n) is 11.5. The Balaban J connectivity index is 1.84. The molecule has 1 aliphatic heterocycles. The summed E-state index contributed by atoms with van der Waals surface area (Å²) in [5.74, 6) is 0.437. The third-order valence-corrected chi connectivity index (χ3v) is 3.87. The average Bonchev–Trinajstić information content (AvgIpc) is 3.20. The Labute approximate surface area is 121 Å². The highest BCUT2D eigenvalue weighted by Crippen LogP contribution is 2.22. The van der Waals surface area contributed by atoms with Crippen molar-refractivity contribution in [3.63, 3.8) is 0 Å². The predicted molar refractivity (Wildman–Crippen MR) is 80.9 cm³/mol. The lowest BCUT2D eigenvalue weighted by Gasteiger charge is -2.17. The maximum Gasteiger partial charge on any atom is 0.260 e. The van der Waals surface area contributed by atoms with Gasteiger partial charge < -0.3 is 4.90 Å².